The molecule has 0 aliphatic heterocycles. The molecular formula is C10H9N5S. The largest absolute Gasteiger partial charge is 0.340 e. The molecule has 2 N–H and O–H groups in total. The van der Waals surface area contributed by atoms with Crippen molar-refractivity contribution < 1.29 is 0 Å². The summed E-state index contributed by atoms with van der Waals surface area (Å²) in [4.78, 5) is 11.2. The van der Waals surface area contributed by atoms with Crippen LogP contribution in [0.2, 0.25) is 0 Å². The zero-order valence-corrected chi connectivity index (χ0v) is 9.16. The number of aromatic nitrogens is 4. The Hall–Kier alpha value is -1.95. The van der Waals surface area contributed by atoms with Gasteiger partial charge in [0.15, 0.2) is 11.1 Å². The van der Waals surface area contributed by atoms with Crippen LogP contribution >= 0.6 is 11.3 Å². The number of nitrogens with zero attached hydrogens (tertiary/aromatic N) is 3. The van der Waals surface area contributed by atoms with Crippen LogP contribution in [0.4, 0.5) is 0 Å². The molecule has 0 aliphatic rings. The van der Waals surface area contributed by atoms with E-state index in [1.54, 1.807) is 24.0 Å². The van der Waals surface area contributed by atoms with Gasteiger partial charge in [0.25, 0.3) is 0 Å². The van der Waals surface area contributed by atoms with Crippen molar-refractivity contribution >= 4 is 22.5 Å². The van der Waals surface area contributed by atoms with Gasteiger partial charge in [-0.1, -0.05) is 0 Å². The van der Waals surface area contributed by atoms with E-state index in [1.165, 1.54) is 5.56 Å². The fourth-order valence-electron chi connectivity index (χ4n) is 1.62. The van der Waals surface area contributed by atoms with Gasteiger partial charge in [-0.05, 0) is 22.4 Å². The van der Waals surface area contributed by atoms with Gasteiger partial charge in [-0.15, -0.1) is 0 Å². The fraction of sp³-hybridized carbons (Fsp3) is 0.100. The molecule has 80 valence electrons. The summed E-state index contributed by atoms with van der Waals surface area (Å²) >= 11 is 1.67. The van der Waals surface area contributed by atoms with Crippen LogP contribution in [0, 0.1) is 5.41 Å². The highest BCUT2D eigenvalue weighted by Gasteiger charge is 2.04. The van der Waals surface area contributed by atoms with E-state index in [1.807, 2.05) is 9.95 Å². The number of rotatable bonds is 2. The fourth-order valence-corrected chi connectivity index (χ4v) is 2.28. The number of imidazole rings is 1. The van der Waals surface area contributed by atoms with Crippen LogP contribution < -0.4 is 5.49 Å². The second kappa shape index (κ2) is 3.57. The van der Waals surface area contributed by atoms with E-state index < -0.39 is 0 Å². The Labute approximate surface area is 94.9 Å². The molecule has 5 nitrogen and oxygen atoms in total. The summed E-state index contributed by atoms with van der Waals surface area (Å²) in [6.07, 6.45) is 3.25. The molecule has 0 atom stereocenters. The first kappa shape index (κ1) is 9.29. The third-order valence-corrected chi connectivity index (χ3v) is 3.12. The lowest BCUT2D eigenvalue weighted by molar-refractivity contribution is 0.786. The van der Waals surface area contributed by atoms with E-state index in [4.69, 9.17) is 5.41 Å². The first-order valence-corrected chi connectivity index (χ1v) is 5.73. The van der Waals surface area contributed by atoms with E-state index in [0.717, 1.165) is 12.2 Å². The zero-order chi connectivity index (χ0) is 11.0. The predicted octanol–water partition coefficient (Wildman–Crippen LogP) is 1.35. The zero-order valence-electron chi connectivity index (χ0n) is 8.34. The molecule has 0 amide bonds. The Bertz CT molecular complexity index is 664. The summed E-state index contributed by atoms with van der Waals surface area (Å²) in [5, 5.41) is 11.8. The summed E-state index contributed by atoms with van der Waals surface area (Å²) in [5.74, 6) is 0. The minimum atomic E-state index is 0.231. The first-order chi connectivity index (χ1) is 7.84. The number of nitrogens with one attached hydrogen (secondary N) is 2. The number of hydrogen-bond acceptors (Lipinski definition) is 4. The predicted molar refractivity (Wildman–Crippen MR) is 61.2 cm³/mol. The van der Waals surface area contributed by atoms with E-state index in [9.17, 15) is 0 Å². The Morgan fingerprint density at radius 2 is 2.38 bits per heavy atom. The summed E-state index contributed by atoms with van der Waals surface area (Å²) in [5.41, 5.74) is 2.90. The van der Waals surface area contributed by atoms with Crippen LogP contribution in [0.25, 0.3) is 11.2 Å². The molecule has 0 fully saturated rings. The highest BCUT2D eigenvalue weighted by molar-refractivity contribution is 7.07. The van der Waals surface area contributed by atoms with Crippen LogP contribution in [0.15, 0.2) is 29.5 Å². The molecule has 0 aromatic carbocycles. The molecule has 0 saturated carbocycles. The number of hydrogen-bond donors (Lipinski definition) is 2. The summed E-state index contributed by atoms with van der Waals surface area (Å²) in [6.45, 7) is 0.734. The van der Waals surface area contributed by atoms with Gasteiger partial charge >= 0.3 is 0 Å². The lowest BCUT2D eigenvalue weighted by Gasteiger charge is -2.04. The van der Waals surface area contributed by atoms with Crippen molar-refractivity contribution in [1.82, 2.24) is 19.5 Å². The van der Waals surface area contributed by atoms with Crippen molar-refractivity contribution in [3.8, 4) is 0 Å². The second-order valence-corrected chi connectivity index (χ2v) is 4.23. The monoisotopic (exact) mass is 231 g/mol. The molecule has 0 radical (unpaired) electrons. The average Bonchev–Trinajstić information content (AvgIpc) is 2.92. The van der Waals surface area contributed by atoms with Gasteiger partial charge in [-0.2, -0.15) is 11.3 Å². The first-order valence-electron chi connectivity index (χ1n) is 4.79. The van der Waals surface area contributed by atoms with Gasteiger partial charge in [-0.25, -0.2) is 9.97 Å². The molecule has 3 heterocycles. The Morgan fingerprint density at radius 1 is 1.44 bits per heavy atom. The van der Waals surface area contributed by atoms with Gasteiger partial charge in [0.05, 0.1) is 19.2 Å². The topological polar surface area (TPSA) is 70.3 Å². The quantitative estimate of drug-likeness (QED) is 0.699. The van der Waals surface area contributed by atoms with Crippen LogP contribution in [0.5, 0.6) is 0 Å². The minimum Gasteiger partial charge on any atom is -0.340 e. The molecule has 3 rings (SSSR count). The standard InChI is InChI=1S/C10H9N5S/c11-9-8-10(13-5-12-8)15(6-14-9)3-7-1-2-16-4-7/h1-2,4-6,11H,3H2,(H,12,13). The molecule has 0 spiro atoms. The van der Waals surface area contributed by atoms with E-state index in [2.05, 4.69) is 26.4 Å². The normalized spacial score (nSPS) is 11.0. The number of aromatic amines is 1. The van der Waals surface area contributed by atoms with Gasteiger partial charge in [0, 0.05) is 0 Å². The molecule has 0 aliphatic carbocycles. The van der Waals surface area contributed by atoms with Gasteiger partial charge in [0.2, 0.25) is 0 Å². The number of H-pyrrole nitrogens is 1. The van der Waals surface area contributed by atoms with Crippen LogP contribution in [-0.2, 0) is 6.54 Å². The molecule has 3 aromatic rings. The maximum Gasteiger partial charge on any atom is 0.173 e. The maximum absolute atomic E-state index is 7.63. The van der Waals surface area contributed by atoms with Crippen molar-refractivity contribution in [2.45, 2.75) is 6.54 Å². The SMILES string of the molecule is N=c1ncn(Cc2ccsc2)c2nc[nH]c12. The number of thiophene rings is 1. The van der Waals surface area contributed by atoms with Gasteiger partial charge in [0.1, 0.15) is 5.52 Å². The second-order valence-electron chi connectivity index (χ2n) is 3.45. The van der Waals surface area contributed by atoms with Gasteiger partial charge < -0.3 is 9.55 Å². The lowest BCUT2D eigenvalue weighted by atomic mass is 10.3. The Balaban J connectivity index is 2.14. The van der Waals surface area contributed by atoms with Gasteiger partial charge in [-0.3, -0.25) is 5.41 Å². The van der Waals surface area contributed by atoms with Crippen LogP contribution in [-0.4, -0.2) is 19.5 Å². The van der Waals surface area contributed by atoms with Crippen LogP contribution in [0.1, 0.15) is 5.56 Å². The Kier molecular flexibility index (Phi) is 2.07. The Morgan fingerprint density at radius 3 is 3.19 bits per heavy atom. The third-order valence-electron chi connectivity index (χ3n) is 2.39. The lowest BCUT2D eigenvalue weighted by Crippen LogP contribution is -2.12. The maximum atomic E-state index is 7.63. The van der Waals surface area contributed by atoms with E-state index in [0.29, 0.717) is 5.52 Å². The molecule has 16 heavy (non-hydrogen) atoms. The highest BCUT2D eigenvalue weighted by atomic mass is 32.1. The highest BCUT2D eigenvalue weighted by Crippen LogP contribution is 2.10. The van der Waals surface area contributed by atoms with Crippen molar-refractivity contribution in [1.29, 1.82) is 5.41 Å². The molecule has 0 bridgehead atoms. The van der Waals surface area contributed by atoms with Crippen molar-refractivity contribution in [3.63, 3.8) is 0 Å². The summed E-state index contributed by atoms with van der Waals surface area (Å²) in [6, 6.07) is 2.07. The molecule has 0 unspecified atom stereocenters. The van der Waals surface area contributed by atoms with Crippen molar-refractivity contribution in [2.24, 2.45) is 0 Å². The van der Waals surface area contributed by atoms with Crippen LogP contribution in [0.3, 0.4) is 0 Å². The molecule has 3 aromatic heterocycles. The minimum absolute atomic E-state index is 0.231. The molecule has 0 saturated heterocycles. The summed E-state index contributed by atoms with van der Waals surface area (Å²) < 4.78 is 1.94. The van der Waals surface area contributed by atoms with Crippen molar-refractivity contribution in [2.75, 3.05) is 0 Å². The smallest absolute Gasteiger partial charge is 0.173 e. The number of fused-ring (bicyclic) bond motifs is 1. The molecular weight excluding hydrogens is 222 g/mol. The van der Waals surface area contributed by atoms with Crippen molar-refractivity contribution in [3.05, 3.63) is 40.5 Å². The third kappa shape index (κ3) is 1.43. The van der Waals surface area contributed by atoms with E-state index >= 15 is 0 Å². The summed E-state index contributed by atoms with van der Waals surface area (Å²) in [7, 11) is 0. The van der Waals surface area contributed by atoms with E-state index in [-0.39, 0.29) is 5.49 Å². The molecule has 6 heteroatoms. The average molecular weight is 231 g/mol.